The maximum absolute atomic E-state index is 5.81. The van der Waals surface area contributed by atoms with Gasteiger partial charge in [0.15, 0.2) is 5.82 Å². The molecule has 0 spiro atoms. The summed E-state index contributed by atoms with van der Waals surface area (Å²) in [5, 5.41) is 12.8. The fourth-order valence-corrected chi connectivity index (χ4v) is 4.36. The fourth-order valence-electron chi connectivity index (χ4n) is 4.36. The van der Waals surface area contributed by atoms with Crippen LogP contribution in [0.4, 0.5) is 5.69 Å². The number of hydrogen-bond acceptors (Lipinski definition) is 6. The molecule has 2 fully saturated rings. The Labute approximate surface area is 167 Å². The first-order valence-electron chi connectivity index (χ1n) is 10.6. The maximum Gasteiger partial charge on any atom is 0.168 e. The summed E-state index contributed by atoms with van der Waals surface area (Å²) in [5.41, 5.74) is 1.31. The Bertz CT molecular complexity index is 720. The van der Waals surface area contributed by atoms with E-state index in [4.69, 9.17) is 4.74 Å². The molecule has 0 radical (unpaired) electrons. The average molecular weight is 385 g/mol. The average Bonchev–Trinajstić information content (AvgIpc) is 3.39. The molecule has 0 amide bonds. The standard InChI is InChI=1S/C21H32N6O/c1-17(2)15-20(21-22-23-24-27(21)16-19-9-6-14-28-19)26-12-10-25(11-13-26)18-7-4-3-5-8-18/h3-5,7-8,17,19-20H,6,9-16H2,1-2H3/t19-,20+/m1/s1. The predicted molar refractivity (Wildman–Crippen MR) is 109 cm³/mol. The zero-order valence-corrected chi connectivity index (χ0v) is 17.1. The highest BCUT2D eigenvalue weighted by atomic mass is 16.5. The first-order chi connectivity index (χ1) is 13.7. The molecule has 0 saturated carbocycles. The summed E-state index contributed by atoms with van der Waals surface area (Å²) in [5.74, 6) is 1.59. The summed E-state index contributed by atoms with van der Waals surface area (Å²) in [6, 6.07) is 11.0. The van der Waals surface area contributed by atoms with Crippen molar-refractivity contribution in [2.75, 3.05) is 37.7 Å². The molecule has 3 heterocycles. The van der Waals surface area contributed by atoms with Gasteiger partial charge in [-0.25, -0.2) is 4.68 Å². The highest BCUT2D eigenvalue weighted by molar-refractivity contribution is 5.46. The van der Waals surface area contributed by atoms with Gasteiger partial charge in [0.2, 0.25) is 0 Å². The summed E-state index contributed by atoms with van der Waals surface area (Å²) in [4.78, 5) is 5.04. The lowest BCUT2D eigenvalue weighted by Gasteiger charge is -2.40. The molecule has 2 atom stereocenters. The Hall–Kier alpha value is -1.99. The van der Waals surface area contributed by atoms with Crippen molar-refractivity contribution in [1.82, 2.24) is 25.1 Å². The Morgan fingerprint density at radius 2 is 1.89 bits per heavy atom. The van der Waals surface area contributed by atoms with E-state index >= 15 is 0 Å². The summed E-state index contributed by atoms with van der Waals surface area (Å²) in [6.07, 6.45) is 3.55. The minimum atomic E-state index is 0.247. The van der Waals surface area contributed by atoms with Crippen molar-refractivity contribution in [2.24, 2.45) is 5.92 Å². The highest BCUT2D eigenvalue weighted by Crippen LogP contribution is 2.29. The van der Waals surface area contributed by atoms with E-state index < -0.39 is 0 Å². The van der Waals surface area contributed by atoms with Crippen LogP contribution >= 0.6 is 0 Å². The minimum absolute atomic E-state index is 0.247. The SMILES string of the molecule is CC(C)C[C@@H](c1nnnn1C[C@H]1CCCO1)N1CCN(c2ccccc2)CC1. The normalized spacial score (nSPS) is 22.1. The van der Waals surface area contributed by atoms with Crippen LogP contribution in [0.5, 0.6) is 0 Å². The molecule has 28 heavy (non-hydrogen) atoms. The molecule has 4 rings (SSSR count). The summed E-state index contributed by atoms with van der Waals surface area (Å²) < 4.78 is 7.81. The number of benzene rings is 1. The largest absolute Gasteiger partial charge is 0.376 e. The molecule has 7 heteroatoms. The van der Waals surface area contributed by atoms with Gasteiger partial charge in [0.1, 0.15) is 0 Å². The third-order valence-corrected chi connectivity index (χ3v) is 5.83. The van der Waals surface area contributed by atoms with Crippen molar-refractivity contribution in [3.8, 4) is 0 Å². The van der Waals surface area contributed by atoms with E-state index in [-0.39, 0.29) is 12.1 Å². The molecule has 2 saturated heterocycles. The van der Waals surface area contributed by atoms with Crippen LogP contribution in [-0.4, -0.2) is 64.0 Å². The number of aromatic nitrogens is 4. The molecule has 1 aromatic heterocycles. The van der Waals surface area contributed by atoms with Gasteiger partial charge in [0, 0.05) is 38.5 Å². The number of ether oxygens (including phenoxy) is 1. The number of piperazine rings is 1. The second-order valence-electron chi connectivity index (χ2n) is 8.36. The minimum Gasteiger partial charge on any atom is -0.376 e. The molecule has 152 valence electrons. The van der Waals surface area contributed by atoms with Gasteiger partial charge >= 0.3 is 0 Å². The van der Waals surface area contributed by atoms with Gasteiger partial charge in [-0.15, -0.1) is 5.10 Å². The summed E-state index contributed by atoms with van der Waals surface area (Å²) in [7, 11) is 0. The third-order valence-electron chi connectivity index (χ3n) is 5.83. The van der Waals surface area contributed by atoms with E-state index in [1.807, 2.05) is 4.68 Å². The van der Waals surface area contributed by atoms with Gasteiger partial charge < -0.3 is 9.64 Å². The number of anilines is 1. The topological polar surface area (TPSA) is 59.3 Å². The van der Waals surface area contributed by atoms with Crippen LogP contribution in [-0.2, 0) is 11.3 Å². The second kappa shape index (κ2) is 9.01. The quantitative estimate of drug-likeness (QED) is 0.732. The van der Waals surface area contributed by atoms with Crippen LogP contribution in [0.25, 0.3) is 0 Å². The number of rotatable bonds is 7. The molecule has 2 aliphatic rings. The van der Waals surface area contributed by atoms with Crippen LogP contribution < -0.4 is 4.90 Å². The fraction of sp³-hybridized carbons (Fsp3) is 0.667. The second-order valence-corrected chi connectivity index (χ2v) is 8.36. The van der Waals surface area contributed by atoms with Gasteiger partial charge in [0.05, 0.1) is 18.7 Å². The van der Waals surface area contributed by atoms with Gasteiger partial charge in [-0.3, -0.25) is 4.90 Å². The monoisotopic (exact) mass is 384 g/mol. The van der Waals surface area contributed by atoms with E-state index in [2.05, 4.69) is 69.5 Å². The lowest BCUT2D eigenvalue weighted by atomic mass is 10.0. The van der Waals surface area contributed by atoms with Crippen molar-refractivity contribution in [2.45, 2.75) is 51.8 Å². The lowest BCUT2D eigenvalue weighted by Crippen LogP contribution is -2.48. The van der Waals surface area contributed by atoms with Crippen LogP contribution in [0.15, 0.2) is 30.3 Å². The van der Waals surface area contributed by atoms with Crippen molar-refractivity contribution in [3.05, 3.63) is 36.2 Å². The molecule has 0 aliphatic carbocycles. The van der Waals surface area contributed by atoms with Crippen molar-refractivity contribution < 1.29 is 4.74 Å². The summed E-state index contributed by atoms with van der Waals surface area (Å²) >= 11 is 0. The van der Waals surface area contributed by atoms with Gasteiger partial charge in [-0.1, -0.05) is 32.0 Å². The van der Waals surface area contributed by atoms with Crippen LogP contribution in [0.1, 0.15) is 45.0 Å². The first-order valence-corrected chi connectivity index (χ1v) is 10.6. The van der Waals surface area contributed by atoms with Gasteiger partial charge in [0.25, 0.3) is 0 Å². The van der Waals surface area contributed by atoms with E-state index in [1.165, 1.54) is 5.69 Å². The summed E-state index contributed by atoms with van der Waals surface area (Å²) in [6.45, 7) is 10.3. The Morgan fingerprint density at radius 1 is 1.11 bits per heavy atom. The lowest BCUT2D eigenvalue weighted by molar-refractivity contribution is 0.0885. The Morgan fingerprint density at radius 3 is 2.57 bits per heavy atom. The highest BCUT2D eigenvalue weighted by Gasteiger charge is 2.30. The smallest absolute Gasteiger partial charge is 0.168 e. The van der Waals surface area contributed by atoms with Crippen molar-refractivity contribution in [1.29, 1.82) is 0 Å². The first kappa shape index (κ1) is 19.3. The van der Waals surface area contributed by atoms with Crippen molar-refractivity contribution in [3.63, 3.8) is 0 Å². The van der Waals surface area contributed by atoms with E-state index in [0.29, 0.717) is 5.92 Å². The molecule has 7 nitrogen and oxygen atoms in total. The van der Waals surface area contributed by atoms with Gasteiger partial charge in [-0.05, 0) is 47.7 Å². The van der Waals surface area contributed by atoms with Gasteiger partial charge in [-0.2, -0.15) is 0 Å². The van der Waals surface area contributed by atoms with Crippen LogP contribution in [0, 0.1) is 5.92 Å². The van der Waals surface area contributed by atoms with E-state index in [0.717, 1.165) is 64.4 Å². The molecule has 0 unspecified atom stereocenters. The third kappa shape index (κ3) is 4.52. The van der Waals surface area contributed by atoms with E-state index in [9.17, 15) is 0 Å². The predicted octanol–water partition coefficient (Wildman–Crippen LogP) is 2.76. The van der Waals surface area contributed by atoms with Crippen molar-refractivity contribution >= 4 is 5.69 Å². The molecule has 2 aromatic rings. The molecular formula is C21H32N6O. The van der Waals surface area contributed by atoms with Crippen LogP contribution in [0.3, 0.4) is 0 Å². The molecule has 0 N–H and O–H groups in total. The molecule has 2 aliphatic heterocycles. The molecule has 1 aromatic carbocycles. The van der Waals surface area contributed by atoms with Crippen LogP contribution in [0.2, 0.25) is 0 Å². The Balaban J connectivity index is 1.46. The van der Waals surface area contributed by atoms with E-state index in [1.54, 1.807) is 0 Å². The zero-order chi connectivity index (χ0) is 19.3. The Kier molecular flexibility index (Phi) is 6.22. The number of tetrazole rings is 1. The maximum atomic E-state index is 5.81. The number of hydrogen-bond donors (Lipinski definition) is 0. The molecular weight excluding hydrogens is 352 g/mol. The molecule has 0 bridgehead atoms. The number of nitrogens with zero attached hydrogens (tertiary/aromatic N) is 6. The number of para-hydroxylation sites is 1. The zero-order valence-electron chi connectivity index (χ0n) is 17.1.